The van der Waals surface area contributed by atoms with Gasteiger partial charge < -0.3 is 21.3 Å². The Kier molecular flexibility index (Phi) is 6.46. The van der Waals surface area contributed by atoms with Crippen LogP contribution in [0.3, 0.4) is 0 Å². The minimum Gasteiger partial charge on any atom is -0.372 e. The number of urea groups is 1. The molecule has 0 unspecified atom stereocenters. The summed E-state index contributed by atoms with van der Waals surface area (Å²) in [6.07, 6.45) is 5.06. The molecule has 6 nitrogen and oxygen atoms in total. The summed E-state index contributed by atoms with van der Waals surface area (Å²) < 4.78 is 0. The van der Waals surface area contributed by atoms with E-state index in [0.29, 0.717) is 0 Å². The Labute approximate surface area is 143 Å². The first-order chi connectivity index (χ1) is 11.5. The predicted molar refractivity (Wildman–Crippen MR) is 97.1 cm³/mol. The molecule has 4 N–H and O–H groups in total. The number of carbonyl (C=O) groups excluding carboxylic acids is 2. The minimum atomic E-state index is -0.694. The number of rotatable bonds is 5. The zero-order chi connectivity index (χ0) is 17.5. The van der Waals surface area contributed by atoms with Crippen molar-refractivity contribution in [3.63, 3.8) is 0 Å². The summed E-state index contributed by atoms with van der Waals surface area (Å²) in [4.78, 5) is 25.8. The molecule has 2 rings (SSSR count). The smallest absolute Gasteiger partial charge is 0.312 e. The van der Waals surface area contributed by atoms with E-state index in [4.69, 9.17) is 5.73 Å². The lowest BCUT2D eigenvalue weighted by molar-refractivity contribution is -0.118. The van der Waals surface area contributed by atoms with E-state index in [2.05, 4.69) is 15.5 Å². The number of hydrogen-bond donors (Lipinski definition) is 3. The monoisotopic (exact) mass is 332 g/mol. The maximum atomic E-state index is 12.3. The molecule has 1 atom stereocenters. The van der Waals surface area contributed by atoms with Crippen LogP contribution in [0.4, 0.5) is 16.2 Å². The lowest BCUT2D eigenvalue weighted by Gasteiger charge is -2.23. The van der Waals surface area contributed by atoms with Crippen molar-refractivity contribution in [2.45, 2.75) is 45.6 Å². The molecule has 1 aromatic rings. The molecule has 0 spiro atoms. The summed E-state index contributed by atoms with van der Waals surface area (Å²) in [6, 6.07) is 6.53. The summed E-state index contributed by atoms with van der Waals surface area (Å²) in [6.45, 7) is 5.90. The second-order valence-corrected chi connectivity index (χ2v) is 6.67. The van der Waals surface area contributed by atoms with Crippen molar-refractivity contribution < 1.29 is 9.59 Å². The molecule has 1 saturated heterocycles. The largest absolute Gasteiger partial charge is 0.372 e. The fraction of sp³-hybridized carbons (Fsp3) is 0.556. The van der Waals surface area contributed by atoms with Crippen LogP contribution >= 0.6 is 0 Å². The molecule has 132 valence electrons. The average molecular weight is 332 g/mol. The van der Waals surface area contributed by atoms with E-state index >= 15 is 0 Å². The molecule has 0 aliphatic carbocycles. The number of anilines is 2. The molecule has 0 bridgehead atoms. The molecule has 1 aliphatic rings. The molecule has 1 heterocycles. The maximum Gasteiger partial charge on any atom is 0.312 e. The molecule has 0 saturated carbocycles. The van der Waals surface area contributed by atoms with Gasteiger partial charge in [0, 0.05) is 24.5 Å². The highest BCUT2D eigenvalue weighted by Gasteiger charge is 2.23. The maximum absolute atomic E-state index is 12.3. The van der Waals surface area contributed by atoms with Crippen LogP contribution in [0.1, 0.15) is 39.5 Å². The Bertz CT molecular complexity index is 549. The van der Waals surface area contributed by atoms with Gasteiger partial charge in [-0.3, -0.25) is 4.79 Å². The normalized spacial score (nSPS) is 16.4. The van der Waals surface area contributed by atoms with Gasteiger partial charge in [0.1, 0.15) is 6.04 Å². The molecular weight excluding hydrogens is 304 g/mol. The lowest BCUT2D eigenvalue weighted by atomic mass is 10.0. The van der Waals surface area contributed by atoms with Gasteiger partial charge in [0.2, 0.25) is 5.91 Å². The fourth-order valence-electron chi connectivity index (χ4n) is 2.99. The number of nitrogens with two attached hydrogens (primary N) is 1. The molecule has 6 heteroatoms. The van der Waals surface area contributed by atoms with Crippen molar-refractivity contribution in [1.29, 1.82) is 0 Å². The summed E-state index contributed by atoms with van der Waals surface area (Å²) in [5.41, 5.74) is 7.05. The zero-order valence-corrected chi connectivity index (χ0v) is 14.5. The van der Waals surface area contributed by atoms with Gasteiger partial charge in [-0.1, -0.05) is 26.7 Å². The van der Waals surface area contributed by atoms with Crippen molar-refractivity contribution in [3.8, 4) is 0 Å². The van der Waals surface area contributed by atoms with Crippen molar-refractivity contribution in [2.75, 3.05) is 23.3 Å². The third-order valence-electron chi connectivity index (χ3n) is 4.35. The second-order valence-electron chi connectivity index (χ2n) is 6.67. The molecule has 0 aromatic heterocycles. The van der Waals surface area contributed by atoms with Crippen LogP contribution in [-0.4, -0.2) is 31.1 Å². The van der Waals surface area contributed by atoms with Crippen LogP contribution in [0.5, 0.6) is 0 Å². The molecule has 1 aliphatic heterocycles. The Morgan fingerprint density at radius 2 is 1.62 bits per heavy atom. The predicted octanol–water partition coefficient (Wildman–Crippen LogP) is 2.70. The van der Waals surface area contributed by atoms with E-state index < -0.39 is 12.1 Å². The van der Waals surface area contributed by atoms with Crippen LogP contribution < -0.4 is 21.3 Å². The SMILES string of the molecule is CC(C)[C@H](NC(N)=O)C(=O)Nc1ccc(N2CCCCCC2)cc1. The summed E-state index contributed by atoms with van der Waals surface area (Å²) in [7, 11) is 0. The number of nitrogens with one attached hydrogen (secondary N) is 2. The highest BCUT2D eigenvalue weighted by Crippen LogP contribution is 2.21. The summed E-state index contributed by atoms with van der Waals surface area (Å²) in [5.74, 6) is -0.305. The van der Waals surface area contributed by atoms with Gasteiger partial charge in [-0.25, -0.2) is 4.79 Å². The number of hydrogen-bond acceptors (Lipinski definition) is 3. The number of carbonyl (C=O) groups is 2. The zero-order valence-electron chi connectivity index (χ0n) is 14.5. The summed E-state index contributed by atoms with van der Waals surface area (Å²) in [5, 5.41) is 5.33. The van der Waals surface area contributed by atoms with Crippen LogP contribution in [0.2, 0.25) is 0 Å². The standard InChI is InChI=1S/C18H28N4O2/c1-13(2)16(21-18(19)24)17(23)20-14-7-9-15(10-8-14)22-11-5-3-4-6-12-22/h7-10,13,16H,3-6,11-12H2,1-2H3,(H,20,23)(H3,19,21,24)/t16-/m0/s1. The van der Waals surface area contributed by atoms with E-state index in [9.17, 15) is 9.59 Å². The van der Waals surface area contributed by atoms with Gasteiger partial charge in [0.15, 0.2) is 0 Å². The van der Waals surface area contributed by atoms with E-state index in [1.165, 1.54) is 31.4 Å². The van der Waals surface area contributed by atoms with Gasteiger partial charge in [-0.05, 0) is 43.0 Å². The number of primary amides is 1. The molecule has 24 heavy (non-hydrogen) atoms. The first kappa shape index (κ1) is 18.1. The Morgan fingerprint density at radius 1 is 1.04 bits per heavy atom. The Balaban J connectivity index is 1.99. The van der Waals surface area contributed by atoms with Crippen LogP contribution in [0.15, 0.2) is 24.3 Å². The van der Waals surface area contributed by atoms with Gasteiger partial charge in [-0.2, -0.15) is 0 Å². The average Bonchev–Trinajstić information content (AvgIpc) is 2.82. The topological polar surface area (TPSA) is 87.5 Å². The summed E-state index contributed by atoms with van der Waals surface area (Å²) >= 11 is 0. The quantitative estimate of drug-likeness (QED) is 0.774. The van der Waals surface area contributed by atoms with E-state index in [1.807, 2.05) is 38.1 Å². The second kappa shape index (κ2) is 8.57. The highest BCUT2D eigenvalue weighted by atomic mass is 16.2. The van der Waals surface area contributed by atoms with Crippen LogP contribution in [0, 0.1) is 5.92 Å². The van der Waals surface area contributed by atoms with Gasteiger partial charge >= 0.3 is 6.03 Å². The van der Waals surface area contributed by atoms with E-state index in [1.54, 1.807) is 0 Å². The molecule has 1 fully saturated rings. The molecule has 1 aromatic carbocycles. The van der Waals surface area contributed by atoms with Crippen LogP contribution in [-0.2, 0) is 4.79 Å². The highest BCUT2D eigenvalue weighted by molar-refractivity contribution is 5.97. The number of benzene rings is 1. The first-order valence-corrected chi connectivity index (χ1v) is 8.69. The Morgan fingerprint density at radius 3 is 2.12 bits per heavy atom. The number of amides is 3. The van der Waals surface area contributed by atoms with Gasteiger partial charge in [0.25, 0.3) is 0 Å². The minimum absolute atomic E-state index is 0.0473. The van der Waals surface area contributed by atoms with Crippen molar-refractivity contribution in [2.24, 2.45) is 11.7 Å². The molecule has 0 radical (unpaired) electrons. The first-order valence-electron chi connectivity index (χ1n) is 8.69. The molecule has 3 amide bonds. The fourth-order valence-corrected chi connectivity index (χ4v) is 2.99. The Hall–Kier alpha value is -2.24. The van der Waals surface area contributed by atoms with Crippen molar-refractivity contribution in [1.82, 2.24) is 5.32 Å². The molecular formula is C18H28N4O2. The van der Waals surface area contributed by atoms with Gasteiger partial charge in [-0.15, -0.1) is 0 Å². The van der Waals surface area contributed by atoms with Gasteiger partial charge in [0.05, 0.1) is 0 Å². The van der Waals surface area contributed by atoms with Crippen LogP contribution in [0.25, 0.3) is 0 Å². The van der Waals surface area contributed by atoms with E-state index in [0.717, 1.165) is 18.8 Å². The number of nitrogens with zero attached hydrogens (tertiary/aromatic N) is 1. The van der Waals surface area contributed by atoms with Crippen molar-refractivity contribution in [3.05, 3.63) is 24.3 Å². The lowest BCUT2D eigenvalue weighted by Crippen LogP contribution is -2.49. The third kappa shape index (κ3) is 5.15. The van der Waals surface area contributed by atoms with Crippen molar-refractivity contribution >= 4 is 23.3 Å². The van der Waals surface area contributed by atoms with E-state index in [-0.39, 0.29) is 11.8 Å². The third-order valence-corrected chi connectivity index (χ3v) is 4.35.